The van der Waals surface area contributed by atoms with Crippen LogP contribution in [0.2, 0.25) is 0 Å². The molecule has 0 radical (unpaired) electrons. The summed E-state index contributed by atoms with van der Waals surface area (Å²) in [7, 11) is 0. The van der Waals surface area contributed by atoms with Crippen molar-refractivity contribution < 1.29 is 9.15 Å². The van der Waals surface area contributed by atoms with E-state index in [2.05, 4.69) is 50.4 Å². The molecule has 2 unspecified atom stereocenters. The second-order valence-electron chi connectivity index (χ2n) is 5.90. The molecule has 3 rings (SSSR count). The Labute approximate surface area is 120 Å². The summed E-state index contributed by atoms with van der Waals surface area (Å²) < 4.78 is 12.2. The summed E-state index contributed by atoms with van der Waals surface area (Å²) in [5.74, 6) is 0.987. The van der Waals surface area contributed by atoms with Gasteiger partial charge in [0, 0.05) is 12.0 Å². The summed E-state index contributed by atoms with van der Waals surface area (Å²) in [6.07, 6.45) is 2.19. The average molecular weight is 273 g/mol. The van der Waals surface area contributed by atoms with Gasteiger partial charge in [0.2, 0.25) is 0 Å². The van der Waals surface area contributed by atoms with Crippen LogP contribution in [0.4, 0.5) is 0 Å². The van der Waals surface area contributed by atoms with Crippen LogP contribution in [0.5, 0.6) is 0 Å². The fraction of sp³-hybridized carbons (Fsp3) is 0.529. The van der Waals surface area contributed by atoms with Crippen molar-refractivity contribution in [1.82, 2.24) is 5.32 Å². The quantitative estimate of drug-likeness (QED) is 0.915. The number of rotatable bonds is 4. The third kappa shape index (κ3) is 2.25. The summed E-state index contributed by atoms with van der Waals surface area (Å²) in [5.41, 5.74) is 2.01. The average Bonchev–Trinajstić information content (AvgIpc) is 3.04. The van der Waals surface area contributed by atoms with Crippen LogP contribution in [0.1, 0.15) is 44.1 Å². The van der Waals surface area contributed by atoms with E-state index < -0.39 is 0 Å². The third-order valence-corrected chi connectivity index (χ3v) is 4.31. The molecule has 1 N–H and O–H groups in total. The molecular formula is C17H23NO2. The van der Waals surface area contributed by atoms with Gasteiger partial charge in [-0.15, -0.1) is 0 Å². The van der Waals surface area contributed by atoms with Crippen LogP contribution < -0.4 is 5.32 Å². The minimum Gasteiger partial charge on any atom is -0.459 e. The van der Waals surface area contributed by atoms with Crippen LogP contribution in [0.25, 0.3) is 11.0 Å². The molecule has 1 aliphatic rings. The van der Waals surface area contributed by atoms with Crippen molar-refractivity contribution in [3.8, 4) is 0 Å². The van der Waals surface area contributed by atoms with Crippen molar-refractivity contribution in [3.05, 3.63) is 35.6 Å². The van der Waals surface area contributed by atoms with Crippen LogP contribution in [-0.4, -0.2) is 18.8 Å². The van der Waals surface area contributed by atoms with Gasteiger partial charge < -0.3 is 14.5 Å². The van der Waals surface area contributed by atoms with E-state index in [9.17, 15) is 0 Å². The second-order valence-corrected chi connectivity index (χ2v) is 5.90. The number of fused-ring (bicyclic) bond motifs is 1. The second kappa shape index (κ2) is 5.23. The first-order valence-corrected chi connectivity index (χ1v) is 7.50. The molecule has 2 aromatic rings. The number of furan rings is 1. The van der Waals surface area contributed by atoms with Gasteiger partial charge in [-0.05, 0) is 44.9 Å². The van der Waals surface area contributed by atoms with E-state index >= 15 is 0 Å². The molecule has 2 atom stereocenters. The summed E-state index contributed by atoms with van der Waals surface area (Å²) in [4.78, 5) is 0. The Balaban J connectivity index is 2.03. The number of para-hydroxylation sites is 1. The predicted molar refractivity (Wildman–Crippen MR) is 81.0 cm³/mol. The SMILES string of the molecule is CCNC(c1cc2cccc(C)c2o1)C1(C)CCCO1. The van der Waals surface area contributed by atoms with Crippen LogP contribution >= 0.6 is 0 Å². The molecule has 1 aliphatic heterocycles. The van der Waals surface area contributed by atoms with Gasteiger partial charge in [-0.3, -0.25) is 0 Å². The van der Waals surface area contributed by atoms with Crippen LogP contribution in [0.15, 0.2) is 28.7 Å². The fourth-order valence-electron chi connectivity index (χ4n) is 3.22. The van der Waals surface area contributed by atoms with Crippen LogP contribution in [0.3, 0.4) is 0 Å². The normalized spacial score (nSPS) is 24.4. The Hall–Kier alpha value is -1.32. The summed E-state index contributed by atoms with van der Waals surface area (Å²) in [6.45, 7) is 8.15. The molecule has 0 aliphatic carbocycles. The van der Waals surface area contributed by atoms with E-state index in [4.69, 9.17) is 9.15 Å². The highest BCUT2D eigenvalue weighted by molar-refractivity contribution is 5.81. The highest BCUT2D eigenvalue weighted by Crippen LogP contribution is 2.39. The predicted octanol–water partition coefficient (Wildman–Crippen LogP) is 3.96. The molecule has 20 heavy (non-hydrogen) atoms. The molecule has 0 saturated carbocycles. The minimum atomic E-state index is -0.169. The van der Waals surface area contributed by atoms with Crippen LogP contribution in [-0.2, 0) is 4.74 Å². The van der Waals surface area contributed by atoms with Crippen molar-refractivity contribution >= 4 is 11.0 Å². The lowest BCUT2D eigenvalue weighted by Crippen LogP contribution is -2.41. The molecule has 1 fully saturated rings. The molecule has 2 heterocycles. The largest absolute Gasteiger partial charge is 0.459 e. The van der Waals surface area contributed by atoms with E-state index in [0.29, 0.717) is 0 Å². The molecule has 0 amide bonds. The summed E-state index contributed by atoms with van der Waals surface area (Å²) in [6, 6.07) is 8.54. The number of hydrogen-bond donors (Lipinski definition) is 1. The van der Waals surface area contributed by atoms with Crippen molar-refractivity contribution in [3.63, 3.8) is 0 Å². The smallest absolute Gasteiger partial charge is 0.137 e. The van der Waals surface area contributed by atoms with E-state index in [1.54, 1.807) is 0 Å². The van der Waals surface area contributed by atoms with Gasteiger partial charge in [0.05, 0.1) is 11.6 Å². The topological polar surface area (TPSA) is 34.4 Å². The molecular weight excluding hydrogens is 250 g/mol. The number of aryl methyl sites for hydroxylation is 1. The first-order valence-electron chi connectivity index (χ1n) is 7.50. The van der Waals surface area contributed by atoms with Gasteiger partial charge in [0.15, 0.2) is 0 Å². The molecule has 3 nitrogen and oxygen atoms in total. The fourth-order valence-corrected chi connectivity index (χ4v) is 3.22. The van der Waals surface area contributed by atoms with Crippen molar-refractivity contribution in [2.24, 2.45) is 0 Å². The van der Waals surface area contributed by atoms with E-state index in [1.165, 1.54) is 10.9 Å². The van der Waals surface area contributed by atoms with Gasteiger partial charge in [0.25, 0.3) is 0 Å². The molecule has 108 valence electrons. The lowest BCUT2D eigenvalue weighted by Gasteiger charge is -2.32. The molecule has 1 aromatic carbocycles. The Morgan fingerprint density at radius 2 is 2.25 bits per heavy atom. The van der Waals surface area contributed by atoms with Crippen molar-refractivity contribution in [1.29, 1.82) is 0 Å². The van der Waals surface area contributed by atoms with E-state index in [0.717, 1.165) is 37.3 Å². The maximum atomic E-state index is 6.15. The zero-order chi connectivity index (χ0) is 14.2. The number of hydrogen-bond acceptors (Lipinski definition) is 3. The lowest BCUT2D eigenvalue weighted by atomic mass is 9.91. The number of benzene rings is 1. The first kappa shape index (κ1) is 13.7. The van der Waals surface area contributed by atoms with E-state index in [-0.39, 0.29) is 11.6 Å². The van der Waals surface area contributed by atoms with E-state index in [1.807, 2.05) is 0 Å². The summed E-state index contributed by atoms with van der Waals surface area (Å²) >= 11 is 0. The number of ether oxygens (including phenoxy) is 1. The zero-order valence-electron chi connectivity index (χ0n) is 12.5. The lowest BCUT2D eigenvalue weighted by molar-refractivity contribution is -0.0173. The highest BCUT2D eigenvalue weighted by atomic mass is 16.5. The van der Waals surface area contributed by atoms with Crippen molar-refractivity contribution in [2.75, 3.05) is 13.2 Å². The Morgan fingerprint density at radius 3 is 2.90 bits per heavy atom. The standard InChI is InChI=1S/C17H23NO2/c1-4-18-16(17(3)9-6-10-19-17)14-11-13-8-5-7-12(2)15(13)20-14/h5,7-8,11,16,18H,4,6,9-10H2,1-3H3. The minimum absolute atomic E-state index is 0.113. The Morgan fingerprint density at radius 1 is 1.40 bits per heavy atom. The molecule has 0 spiro atoms. The monoisotopic (exact) mass is 273 g/mol. The highest BCUT2D eigenvalue weighted by Gasteiger charge is 2.40. The Kier molecular flexibility index (Phi) is 3.57. The third-order valence-electron chi connectivity index (χ3n) is 4.31. The zero-order valence-corrected chi connectivity index (χ0v) is 12.5. The van der Waals surface area contributed by atoms with Gasteiger partial charge in [-0.2, -0.15) is 0 Å². The Bertz CT molecular complexity index is 596. The summed E-state index contributed by atoms with van der Waals surface area (Å²) in [5, 5.41) is 4.71. The maximum absolute atomic E-state index is 6.15. The van der Waals surface area contributed by atoms with Gasteiger partial charge >= 0.3 is 0 Å². The molecule has 1 aromatic heterocycles. The molecule has 3 heteroatoms. The first-order chi connectivity index (χ1) is 9.64. The van der Waals surface area contributed by atoms with Crippen LogP contribution in [0, 0.1) is 6.92 Å². The van der Waals surface area contributed by atoms with Gasteiger partial charge in [-0.25, -0.2) is 0 Å². The number of nitrogens with one attached hydrogen (secondary N) is 1. The molecule has 1 saturated heterocycles. The van der Waals surface area contributed by atoms with Gasteiger partial charge in [-0.1, -0.05) is 25.1 Å². The maximum Gasteiger partial charge on any atom is 0.137 e. The molecule has 0 bridgehead atoms. The number of likely N-dealkylation sites (N-methyl/N-ethyl adjacent to an activating group) is 1. The van der Waals surface area contributed by atoms with Crippen molar-refractivity contribution in [2.45, 2.75) is 45.3 Å². The van der Waals surface area contributed by atoms with Gasteiger partial charge in [0.1, 0.15) is 11.3 Å².